The molecule has 13 heavy (non-hydrogen) atoms. The van der Waals surface area contributed by atoms with Crippen LogP contribution in [0.1, 0.15) is 0 Å². The molecule has 0 atom stereocenters. The maximum atomic E-state index is 11.6. The number of thiocarbonyl (C=S) groups is 1. The van der Waals surface area contributed by atoms with E-state index in [4.69, 9.17) is 0 Å². The van der Waals surface area contributed by atoms with E-state index in [-0.39, 0.29) is 0 Å². The van der Waals surface area contributed by atoms with Crippen LogP contribution >= 0.6 is 12.2 Å². The summed E-state index contributed by atoms with van der Waals surface area (Å²) in [5.74, 6) is 0. The quantitative estimate of drug-likeness (QED) is 0.636. The van der Waals surface area contributed by atoms with Crippen molar-refractivity contribution in [3.05, 3.63) is 0 Å². The molecule has 4 nitrogen and oxygen atoms in total. The van der Waals surface area contributed by atoms with Crippen LogP contribution in [0.4, 0.5) is 18.0 Å². The van der Waals surface area contributed by atoms with Gasteiger partial charge in [0.15, 0.2) is 5.11 Å². The van der Waals surface area contributed by atoms with Crippen LogP contribution in [0.3, 0.4) is 0 Å². The molecule has 0 rings (SSSR count). The second-order valence-corrected chi connectivity index (χ2v) is 2.32. The Hall–Kier alpha value is -1.05. The molecule has 0 saturated carbocycles. The first-order valence-electron chi connectivity index (χ1n) is 3.04. The number of alkyl halides is 3. The van der Waals surface area contributed by atoms with Crippen molar-refractivity contribution in [3.8, 4) is 0 Å². The van der Waals surface area contributed by atoms with Crippen molar-refractivity contribution >= 4 is 23.4 Å². The third kappa shape index (κ3) is 7.32. The number of ether oxygens (including phenoxy) is 1. The largest absolute Gasteiger partial charge is 0.453 e. The van der Waals surface area contributed by atoms with Gasteiger partial charge in [0.05, 0.1) is 7.11 Å². The van der Waals surface area contributed by atoms with Crippen molar-refractivity contribution in [1.82, 2.24) is 10.6 Å². The number of alkyl carbamates (subject to hydrolysis) is 1. The molecule has 1 amide bonds. The highest BCUT2D eigenvalue weighted by Crippen LogP contribution is 2.11. The molecule has 0 aliphatic heterocycles. The van der Waals surface area contributed by atoms with Gasteiger partial charge in [-0.05, 0) is 12.2 Å². The van der Waals surface area contributed by atoms with E-state index in [1.807, 2.05) is 5.32 Å². The van der Waals surface area contributed by atoms with Crippen LogP contribution in [0.25, 0.3) is 0 Å². The molecule has 0 bridgehead atoms. The summed E-state index contributed by atoms with van der Waals surface area (Å²) in [5.41, 5.74) is 0. The molecule has 0 radical (unpaired) electrons. The lowest BCUT2D eigenvalue weighted by Gasteiger charge is -2.10. The van der Waals surface area contributed by atoms with Crippen LogP contribution in [0, 0.1) is 0 Å². The summed E-state index contributed by atoms with van der Waals surface area (Å²) in [6, 6.07) is 0. The highest BCUT2D eigenvalue weighted by atomic mass is 32.1. The second kappa shape index (κ2) is 4.85. The molecular weight excluding hydrogens is 209 g/mol. The van der Waals surface area contributed by atoms with E-state index < -0.39 is 23.9 Å². The minimum absolute atomic E-state index is 0.427. The molecule has 2 N–H and O–H groups in total. The zero-order valence-corrected chi connectivity index (χ0v) is 7.38. The van der Waals surface area contributed by atoms with Crippen molar-refractivity contribution < 1.29 is 22.7 Å². The number of rotatable bonds is 1. The first kappa shape index (κ1) is 11.9. The van der Waals surface area contributed by atoms with E-state index in [9.17, 15) is 18.0 Å². The van der Waals surface area contributed by atoms with Crippen molar-refractivity contribution in [2.45, 2.75) is 6.18 Å². The summed E-state index contributed by atoms with van der Waals surface area (Å²) in [7, 11) is 1.07. The molecule has 0 aliphatic carbocycles. The third-order valence-corrected chi connectivity index (χ3v) is 1.10. The van der Waals surface area contributed by atoms with Gasteiger partial charge >= 0.3 is 12.3 Å². The fourth-order valence-electron chi connectivity index (χ4n) is 0.368. The molecule has 76 valence electrons. The lowest BCUT2D eigenvalue weighted by Crippen LogP contribution is -2.43. The highest BCUT2D eigenvalue weighted by molar-refractivity contribution is 7.80. The van der Waals surface area contributed by atoms with Gasteiger partial charge in [-0.1, -0.05) is 0 Å². The molecule has 0 spiro atoms. The Kier molecular flexibility index (Phi) is 4.46. The second-order valence-electron chi connectivity index (χ2n) is 1.91. The Balaban J connectivity index is 3.70. The van der Waals surface area contributed by atoms with Gasteiger partial charge in [-0.3, -0.25) is 5.32 Å². The van der Waals surface area contributed by atoms with Gasteiger partial charge in [0.1, 0.15) is 6.54 Å². The normalized spacial score (nSPS) is 10.5. The maximum Gasteiger partial charge on any atom is 0.413 e. The van der Waals surface area contributed by atoms with Gasteiger partial charge in [-0.15, -0.1) is 0 Å². The minimum atomic E-state index is -4.37. The Morgan fingerprint density at radius 2 is 2.08 bits per heavy atom. The monoisotopic (exact) mass is 216 g/mol. The Morgan fingerprint density at radius 3 is 2.46 bits per heavy atom. The summed E-state index contributed by atoms with van der Waals surface area (Å²) < 4.78 is 38.8. The average molecular weight is 216 g/mol. The number of carbonyl (C=O) groups excluding carboxylic acids is 1. The number of amides is 1. The molecular formula is C5H7F3N2O2S. The Morgan fingerprint density at radius 1 is 1.54 bits per heavy atom. The average Bonchev–Trinajstić information content (AvgIpc) is 1.99. The Bertz CT molecular complexity index is 206. The lowest BCUT2D eigenvalue weighted by molar-refractivity contribution is -0.122. The molecule has 0 aromatic heterocycles. The van der Waals surface area contributed by atoms with E-state index in [0.717, 1.165) is 7.11 Å². The molecule has 0 unspecified atom stereocenters. The van der Waals surface area contributed by atoms with E-state index in [2.05, 4.69) is 17.0 Å². The fraction of sp³-hybridized carbons (Fsp3) is 0.600. The summed E-state index contributed by atoms with van der Waals surface area (Å²) in [6.45, 7) is -1.30. The van der Waals surface area contributed by atoms with Gasteiger partial charge in [-0.25, -0.2) is 4.79 Å². The highest BCUT2D eigenvalue weighted by Gasteiger charge is 2.27. The molecule has 0 heterocycles. The summed E-state index contributed by atoms with van der Waals surface area (Å²) in [5, 5.41) is 3.22. The van der Waals surface area contributed by atoms with Gasteiger partial charge in [-0.2, -0.15) is 13.2 Å². The zero-order chi connectivity index (χ0) is 10.5. The van der Waals surface area contributed by atoms with Crippen molar-refractivity contribution in [3.63, 3.8) is 0 Å². The van der Waals surface area contributed by atoms with E-state index in [1.165, 1.54) is 0 Å². The maximum absolute atomic E-state index is 11.6. The van der Waals surface area contributed by atoms with Gasteiger partial charge in [0.2, 0.25) is 0 Å². The summed E-state index contributed by atoms with van der Waals surface area (Å²) in [6.07, 6.45) is -5.29. The van der Waals surface area contributed by atoms with Crippen LogP contribution in [0.15, 0.2) is 0 Å². The standard InChI is InChI=1S/C5H7F3N2O2S/c1-12-4(11)10-3(13)9-2-5(6,7)8/h2H2,1H3,(H2,9,10,11,13). The van der Waals surface area contributed by atoms with E-state index in [0.29, 0.717) is 0 Å². The van der Waals surface area contributed by atoms with Crippen LogP contribution in [0.5, 0.6) is 0 Å². The number of hydrogen-bond donors (Lipinski definition) is 2. The molecule has 8 heteroatoms. The van der Waals surface area contributed by atoms with Crippen molar-refractivity contribution in [1.29, 1.82) is 0 Å². The number of hydrogen-bond acceptors (Lipinski definition) is 3. The van der Waals surface area contributed by atoms with Crippen molar-refractivity contribution in [2.24, 2.45) is 0 Å². The van der Waals surface area contributed by atoms with E-state index >= 15 is 0 Å². The summed E-state index contributed by atoms with van der Waals surface area (Å²) >= 11 is 4.34. The van der Waals surface area contributed by atoms with Gasteiger partial charge in [0, 0.05) is 0 Å². The Labute approximate surface area is 77.4 Å². The smallest absolute Gasteiger partial charge is 0.413 e. The first-order chi connectivity index (χ1) is 5.85. The van der Waals surface area contributed by atoms with Crippen LogP contribution in [-0.4, -0.2) is 31.0 Å². The predicted octanol–water partition coefficient (Wildman–Crippen LogP) is 0.779. The summed E-state index contributed by atoms with van der Waals surface area (Å²) in [4.78, 5) is 10.4. The van der Waals surface area contributed by atoms with Crippen LogP contribution < -0.4 is 10.6 Å². The number of nitrogens with one attached hydrogen (secondary N) is 2. The number of carbonyl (C=O) groups is 1. The molecule has 0 fully saturated rings. The minimum Gasteiger partial charge on any atom is -0.453 e. The number of halogens is 3. The SMILES string of the molecule is COC(=O)NC(=S)NCC(F)(F)F. The van der Waals surface area contributed by atoms with Crippen LogP contribution in [0.2, 0.25) is 0 Å². The third-order valence-electron chi connectivity index (χ3n) is 0.850. The van der Waals surface area contributed by atoms with Crippen LogP contribution in [-0.2, 0) is 4.74 Å². The molecule has 0 aliphatic rings. The topological polar surface area (TPSA) is 50.4 Å². The van der Waals surface area contributed by atoms with Crippen molar-refractivity contribution in [2.75, 3.05) is 13.7 Å². The fourth-order valence-corrected chi connectivity index (χ4v) is 0.524. The van der Waals surface area contributed by atoms with E-state index in [1.54, 1.807) is 5.32 Å². The zero-order valence-electron chi connectivity index (χ0n) is 6.57. The first-order valence-corrected chi connectivity index (χ1v) is 3.45. The molecule has 0 saturated heterocycles. The van der Waals surface area contributed by atoms with Gasteiger partial charge < -0.3 is 10.1 Å². The number of methoxy groups -OCH3 is 1. The molecule has 0 aromatic rings. The van der Waals surface area contributed by atoms with Gasteiger partial charge in [0.25, 0.3) is 0 Å². The molecule has 0 aromatic carbocycles. The predicted molar refractivity (Wildman–Crippen MR) is 42.2 cm³/mol. The lowest BCUT2D eigenvalue weighted by atomic mass is 10.6.